The minimum Gasteiger partial charge on any atom is -0.342 e. The highest BCUT2D eigenvalue weighted by Crippen LogP contribution is 2.47. The first kappa shape index (κ1) is 29.2. The van der Waals surface area contributed by atoms with Gasteiger partial charge in [0.05, 0.1) is 23.2 Å². The molecule has 5 rings (SSSR count). The van der Waals surface area contributed by atoms with Crippen LogP contribution in [-0.2, 0) is 31.0 Å². The fraction of sp³-hybridized carbons (Fsp3) is 0.414. The van der Waals surface area contributed by atoms with Crippen molar-refractivity contribution in [3.05, 3.63) is 65.5 Å². The summed E-state index contributed by atoms with van der Waals surface area (Å²) in [7, 11) is 0. The summed E-state index contributed by atoms with van der Waals surface area (Å²) >= 11 is 0. The molecule has 3 aliphatic rings. The number of nitrogens with one attached hydrogen (secondary N) is 3. The highest BCUT2D eigenvalue weighted by Gasteiger charge is 2.57. The molecule has 2 aliphatic heterocycles. The van der Waals surface area contributed by atoms with Gasteiger partial charge in [-0.3, -0.25) is 19.2 Å². The van der Waals surface area contributed by atoms with E-state index in [2.05, 4.69) is 16.7 Å². The number of para-hydroxylation sites is 1. The molecule has 1 aliphatic carbocycles. The SMILES string of the molecule is N#C[C@@H]1C[C@@]2(CN1)C(=O)N(C(=O)[C@H](CC1CC1)NC(=O)[C@H](Cc1cccc(F)c1)NC(=O)C(F)(F)F)c1ccccc12. The van der Waals surface area contributed by atoms with E-state index in [1.54, 1.807) is 29.6 Å². The van der Waals surface area contributed by atoms with E-state index in [9.17, 15) is 42.0 Å². The quantitative estimate of drug-likeness (QED) is 0.408. The minimum atomic E-state index is -5.29. The molecule has 2 fully saturated rings. The molecule has 0 unspecified atom stereocenters. The summed E-state index contributed by atoms with van der Waals surface area (Å²) in [5.41, 5.74) is -0.147. The Bertz CT molecular complexity index is 1470. The molecule has 4 amide bonds. The second-order valence-electron chi connectivity index (χ2n) is 10.9. The number of imide groups is 1. The van der Waals surface area contributed by atoms with Gasteiger partial charge in [0.25, 0.3) is 5.91 Å². The van der Waals surface area contributed by atoms with Crippen LogP contribution in [-0.4, -0.2) is 54.5 Å². The fourth-order valence-corrected chi connectivity index (χ4v) is 5.67. The van der Waals surface area contributed by atoms with Crippen molar-refractivity contribution in [2.75, 3.05) is 11.4 Å². The van der Waals surface area contributed by atoms with E-state index < -0.39 is 65.6 Å². The molecule has 13 heteroatoms. The third-order valence-corrected chi connectivity index (χ3v) is 7.94. The Balaban J connectivity index is 1.43. The second kappa shape index (κ2) is 11.2. The maximum atomic E-state index is 14.0. The zero-order chi connectivity index (χ0) is 30.2. The van der Waals surface area contributed by atoms with E-state index >= 15 is 0 Å². The smallest absolute Gasteiger partial charge is 0.342 e. The van der Waals surface area contributed by atoms with Crippen LogP contribution in [0.2, 0.25) is 0 Å². The lowest BCUT2D eigenvalue weighted by atomic mass is 9.79. The molecule has 2 aromatic rings. The number of carbonyl (C=O) groups is 4. The van der Waals surface area contributed by atoms with Crippen LogP contribution in [0.15, 0.2) is 48.5 Å². The van der Waals surface area contributed by atoms with Gasteiger partial charge in [0.2, 0.25) is 11.8 Å². The largest absolute Gasteiger partial charge is 0.471 e. The monoisotopic (exact) mass is 585 g/mol. The molecule has 0 aromatic heterocycles. The number of nitriles is 1. The Labute approximate surface area is 238 Å². The van der Waals surface area contributed by atoms with E-state index in [1.165, 1.54) is 12.1 Å². The molecule has 0 bridgehead atoms. The van der Waals surface area contributed by atoms with Crippen molar-refractivity contribution in [3.63, 3.8) is 0 Å². The summed E-state index contributed by atoms with van der Waals surface area (Å²) in [6.07, 6.45) is -3.98. The normalized spacial score (nSPS) is 22.8. The topological polar surface area (TPSA) is 131 Å². The van der Waals surface area contributed by atoms with Gasteiger partial charge in [0.15, 0.2) is 0 Å². The van der Waals surface area contributed by atoms with Crippen LogP contribution in [0, 0.1) is 23.1 Å². The van der Waals surface area contributed by atoms with Crippen LogP contribution < -0.4 is 20.9 Å². The van der Waals surface area contributed by atoms with Crippen molar-refractivity contribution in [2.45, 2.75) is 61.8 Å². The molecule has 1 spiro atoms. The Morgan fingerprint density at radius 1 is 1.10 bits per heavy atom. The Morgan fingerprint density at radius 3 is 2.48 bits per heavy atom. The average Bonchev–Trinajstić information content (AvgIpc) is 3.60. The van der Waals surface area contributed by atoms with Gasteiger partial charge >= 0.3 is 12.1 Å². The second-order valence-corrected chi connectivity index (χ2v) is 10.9. The van der Waals surface area contributed by atoms with Crippen LogP contribution in [0.5, 0.6) is 0 Å². The van der Waals surface area contributed by atoms with Crippen molar-refractivity contribution >= 4 is 29.3 Å². The van der Waals surface area contributed by atoms with E-state index in [4.69, 9.17) is 0 Å². The summed E-state index contributed by atoms with van der Waals surface area (Å²) < 4.78 is 53.1. The summed E-state index contributed by atoms with van der Waals surface area (Å²) in [5.74, 6) is -5.42. The molecule has 1 saturated carbocycles. The number of rotatable bonds is 8. The van der Waals surface area contributed by atoms with Crippen LogP contribution in [0.25, 0.3) is 0 Å². The average molecular weight is 586 g/mol. The molecule has 2 aromatic carbocycles. The number of hydrogen-bond acceptors (Lipinski definition) is 6. The summed E-state index contributed by atoms with van der Waals surface area (Å²) in [6, 6.07) is 9.89. The molecule has 42 heavy (non-hydrogen) atoms. The summed E-state index contributed by atoms with van der Waals surface area (Å²) in [6.45, 7) is 0.129. The number of nitrogens with zero attached hydrogens (tertiary/aromatic N) is 2. The number of benzene rings is 2. The van der Waals surface area contributed by atoms with Gasteiger partial charge in [-0.15, -0.1) is 0 Å². The molecule has 4 atom stereocenters. The van der Waals surface area contributed by atoms with Crippen molar-refractivity contribution < 1.29 is 36.7 Å². The molecule has 0 radical (unpaired) electrons. The molecule has 2 heterocycles. The van der Waals surface area contributed by atoms with Gasteiger partial charge in [-0.1, -0.05) is 43.2 Å². The lowest BCUT2D eigenvalue weighted by molar-refractivity contribution is -0.174. The molecule has 220 valence electrons. The lowest BCUT2D eigenvalue weighted by Gasteiger charge is -2.27. The zero-order valence-electron chi connectivity index (χ0n) is 22.2. The molecule has 3 N–H and O–H groups in total. The number of anilines is 1. The minimum absolute atomic E-state index is 0.0451. The molecular weight excluding hydrogens is 558 g/mol. The molecule has 9 nitrogen and oxygen atoms in total. The first-order valence-corrected chi connectivity index (χ1v) is 13.5. The Kier molecular flexibility index (Phi) is 7.76. The van der Waals surface area contributed by atoms with Crippen molar-refractivity contribution in [2.24, 2.45) is 5.92 Å². The van der Waals surface area contributed by atoms with Gasteiger partial charge in [-0.2, -0.15) is 18.4 Å². The predicted molar refractivity (Wildman–Crippen MR) is 140 cm³/mol. The van der Waals surface area contributed by atoms with Gasteiger partial charge in [-0.25, -0.2) is 9.29 Å². The summed E-state index contributed by atoms with van der Waals surface area (Å²) in [4.78, 5) is 54.0. The summed E-state index contributed by atoms with van der Waals surface area (Å²) in [5, 5.41) is 16.6. The number of hydrogen-bond donors (Lipinski definition) is 3. The van der Waals surface area contributed by atoms with Crippen molar-refractivity contribution in [1.82, 2.24) is 16.0 Å². The van der Waals surface area contributed by atoms with Gasteiger partial charge in [-0.05, 0) is 48.1 Å². The third-order valence-electron chi connectivity index (χ3n) is 7.94. The number of alkyl halides is 3. The maximum Gasteiger partial charge on any atom is 0.471 e. The number of halogens is 4. The zero-order valence-corrected chi connectivity index (χ0v) is 22.2. The predicted octanol–water partition coefficient (Wildman–Crippen LogP) is 2.40. The Morgan fingerprint density at radius 2 is 1.83 bits per heavy atom. The van der Waals surface area contributed by atoms with Crippen molar-refractivity contribution in [3.8, 4) is 6.07 Å². The lowest BCUT2D eigenvalue weighted by Crippen LogP contribution is -2.57. The molecule has 1 saturated heterocycles. The standard InChI is InChI=1S/C29H27F4N5O4/c30-18-5-3-4-17(10-18)12-21(37-26(41)29(31,32)33)24(39)36-22(11-16-8-9-16)25(40)38-23-7-2-1-6-20(23)28(27(38)42)13-19(14-34)35-15-28/h1-7,10,16,19,21-22,35H,8-9,11-13,15H2,(H,36,39)(H,37,41)/t19-,21-,22-,28-/m0/s1. The first-order valence-electron chi connectivity index (χ1n) is 13.5. The van der Waals surface area contributed by atoms with Gasteiger partial charge < -0.3 is 16.0 Å². The van der Waals surface area contributed by atoms with Crippen LogP contribution in [0.3, 0.4) is 0 Å². The van der Waals surface area contributed by atoms with Gasteiger partial charge in [0, 0.05) is 13.0 Å². The fourth-order valence-electron chi connectivity index (χ4n) is 5.67. The van der Waals surface area contributed by atoms with Crippen molar-refractivity contribution in [1.29, 1.82) is 5.26 Å². The number of fused-ring (bicyclic) bond motifs is 2. The number of carbonyl (C=O) groups excluding carboxylic acids is 4. The van der Waals surface area contributed by atoms with Gasteiger partial charge in [0.1, 0.15) is 17.9 Å². The highest BCUT2D eigenvalue weighted by atomic mass is 19.4. The maximum absolute atomic E-state index is 14.0. The van der Waals surface area contributed by atoms with Crippen LogP contribution >= 0.6 is 0 Å². The Hall–Kier alpha value is -4.31. The molecular formula is C29H27F4N5O4. The van der Waals surface area contributed by atoms with Crippen LogP contribution in [0.1, 0.15) is 36.8 Å². The third kappa shape index (κ3) is 5.72. The van der Waals surface area contributed by atoms with E-state index in [0.717, 1.165) is 29.9 Å². The first-order chi connectivity index (χ1) is 19.9. The number of amides is 4. The van der Waals surface area contributed by atoms with Crippen LogP contribution in [0.4, 0.5) is 23.2 Å². The van der Waals surface area contributed by atoms with E-state index in [-0.39, 0.29) is 30.9 Å². The highest BCUT2D eigenvalue weighted by molar-refractivity contribution is 6.24. The van der Waals surface area contributed by atoms with E-state index in [1.807, 2.05) is 0 Å². The van der Waals surface area contributed by atoms with E-state index in [0.29, 0.717) is 11.3 Å².